The topological polar surface area (TPSA) is 83.6 Å². The number of nitrogens with two attached hydrogens (primary N) is 1. The molecule has 5 unspecified atom stereocenters. The monoisotopic (exact) mass is 268 g/mol. The van der Waals surface area contributed by atoms with E-state index < -0.39 is 12.0 Å². The van der Waals surface area contributed by atoms with Crippen LogP contribution in [0.25, 0.3) is 0 Å². The van der Waals surface area contributed by atoms with Crippen molar-refractivity contribution in [3.63, 3.8) is 0 Å². The number of carboxylic acids is 1. The number of likely N-dealkylation sites (tertiary alicyclic amines) is 1. The van der Waals surface area contributed by atoms with Crippen LogP contribution in [0.15, 0.2) is 0 Å². The van der Waals surface area contributed by atoms with Crippen LogP contribution in [0.1, 0.15) is 46.0 Å². The first kappa shape index (κ1) is 14.3. The minimum atomic E-state index is -0.875. The van der Waals surface area contributed by atoms with Crippen molar-refractivity contribution in [2.24, 2.45) is 17.6 Å². The second kappa shape index (κ2) is 5.49. The number of aliphatic carboxylic acids is 1. The van der Waals surface area contributed by atoms with Crippen LogP contribution in [0.5, 0.6) is 0 Å². The van der Waals surface area contributed by atoms with Gasteiger partial charge in [0, 0.05) is 12.1 Å². The highest BCUT2D eigenvalue weighted by molar-refractivity contribution is 5.86. The van der Waals surface area contributed by atoms with E-state index in [1.165, 1.54) is 0 Å². The second-order valence-corrected chi connectivity index (χ2v) is 6.09. The Kier molecular flexibility index (Phi) is 4.13. The van der Waals surface area contributed by atoms with E-state index in [4.69, 9.17) is 5.73 Å². The van der Waals surface area contributed by atoms with E-state index in [0.29, 0.717) is 12.3 Å². The average Bonchev–Trinajstić information content (AvgIpc) is 2.76. The molecule has 1 saturated heterocycles. The molecule has 0 spiro atoms. The fourth-order valence-electron chi connectivity index (χ4n) is 3.46. The smallest absolute Gasteiger partial charge is 0.326 e. The van der Waals surface area contributed by atoms with Crippen molar-refractivity contribution >= 4 is 11.9 Å². The van der Waals surface area contributed by atoms with Crippen molar-refractivity contribution in [1.29, 1.82) is 0 Å². The maximum atomic E-state index is 12.5. The number of carbonyl (C=O) groups is 2. The summed E-state index contributed by atoms with van der Waals surface area (Å²) in [6.07, 6.45) is 4.83. The summed E-state index contributed by atoms with van der Waals surface area (Å²) >= 11 is 0. The van der Waals surface area contributed by atoms with E-state index in [2.05, 4.69) is 0 Å². The Morgan fingerprint density at radius 3 is 2.47 bits per heavy atom. The number of rotatable bonds is 3. The van der Waals surface area contributed by atoms with Gasteiger partial charge >= 0.3 is 5.97 Å². The largest absolute Gasteiger partial charge is 0.480 e. The summed E-state index contributed by atoms with van der Waals surface area (Å²) in [6, 6.07) is -0.782. The van der Waals surface area contributed by atoms with Crippen molar-refractivity contribution < 1.29 is 14.7 Å². The van der Waals surface area contributed by atoms with Gasteiger partial charge in [-0.1, -0.05) is 19.8 Å². The molecule has 0 bridgehead atoms. The third-order valence-electron chi connectivity index (χ3n) is 4.81. The molecule has 108 valence electrons. The fourth-order valence-corrected chi connectivity index (χ4v) is 3.46. The van der Waals surface area contributed by atoms with Gasteiger partial charge in [-0.3, -0.25) is 4.79 Å². The lowest BCUT2D eigenvalue weighted by atomic mass is 9.84. The van der Waals surface area contributed by atoms with E-state index in [-0.39, 0.29) is 23.9 Å². The molecule has 1 saturated carbocycles. The third-order valence-corrected chi connectivity index (χ3v) is 4.81. The molecule has 0 aromatic heterocycles. The molecule has 5 nitrogen and oxygen atoms in total. The first-order valence-electron chi connectivity index (χ1n) is 7.24. The van der Waals surface area contributed by atoms with Gasteiger partial charge in [0.25, 0.3) is 0 Å². The lowest BCUT2D eigenvalue weighted by Crippen LogP contribution is -2.50. The molecular formula is C14H24N2O3. The number of amides is 1. The van der Waals surface area contributed by atoms with E-state index in [9.17, 15) is 14.7 Å². The lowest BCUT2D eigenvalue weighted by molar-refractivity contribution is -0.151. The Morgan fingerprint density at radius 1 is 1.26 bits per heavy atom. The van der Waals surface area contributed by atoms with E-state index in [1.54, 1.807) is 18.7 Å². The van der Waals surface area contributed by atoms with E-state index in [0.717, 1.165) is 25.7 Å². The van der Waals surface area contributed by atoms with Gasteiger partial charge in [-0.25, -0.2) is 4.79 Å². The summed E-state index contributed by atoms with van der Waals surface area (Å²) < 4.78 is 0. The lowest BCUT2D eigenvalue weighted by Gasteiger charge is -2.35. The summed E-state index contributed by atoms with van der Waals surface area (Å²) in [4.78, 5) is 25.6. The highest BCUT2D eigenvalue weighted by atomic mass is 16.4. The van der Waals surface area contributed by atoms with Gasteiger partial charge in [-0.2, -0.15) is 0 Å². The van der Waals surface area contributed by atoms with Gasteiger partial charge in [0.2, 0.25) is 5.91 Å². The molecule has 2 rings (SSSR count). The Labute approximate surface area is 114 Å². The Hall–Kier alpha value is -1.10. The van der Waals surface area contributed by atoms with Crippen LogP contribution in [0.4, 0.5) is 0 Å². The van der Waals surface area contributed by atoms with Gasteiger partial charge in [0.05, 0.1) is 5.92 Å². The van der Waals surface area contributed by atoms with Gasteiger partial charge in [-0.05, 0) is 32.1 Å². The molecular weight excluding hydrogens is 244 g/mol. The molecule has 0 aromatic carbocycles. The summed E-state index contributed by atoms with van der Waals surface area (Å²) in [5.74, 6) is -0.918. The number of nitrogens with zero attached hydrogens (tertiary/aromatic N) is 1. The van der Waals surface area contributed by atoms with Crippen LogP contribution < -0.4 is 5.73 Å². The number of hydrogen-bond donors (Lipinski definition) is 2. The van der Waals surface area contributed by atoms with Crippen LogP contribution in [0, 0.1) is 11.8 Å². The SMILES string of the molecule is CC(N)C(C)C(=O)N1C(C(=O)O)CC2CCCCC21. The zero-order chi connectivity index (χ0) is 14.2. The molecule has 0 radical (unpaired) electrons. The molecule has 5 atom stereocenters. The molecule has 2 aliphatic rings. The maximum Gasteiger partial charge on any atom is 0.326 e. The Morgan fingerprint density at radius 2 is 1.89 bits per heavy atom. The van der Waals surface area contributed by atoms with E-state index in [1.807, 2.05) is 0 Å². The van der Waals surface area contributed by atoms with Gasteiger partial charge < -0.3 is 15.7 Å². The first-order valence-corrected chi connectivity index (χ1v) is 7.24. The zero-order valence-corrected chi connectivity index (χ0v) is 11.7. The van der Waals surface area contributed by atoms with Gasteiger partial charge in [0.1, 0.15) is 6.04 Å². The standard InChI is InChI=1S/C14H24N2O3/c1-8(9(2)15)13(17)16-11-6-4-3-5-10(11)7-12(16)14(18)19/h8-12H,3-7,15H2,1-2H3,(H,18,19). The van der Waals surface area contributed by atoms with Crippen molar-refractivity contribution in [1.82, 2.24) is 4.90 Å². The van der Waals surface area contributed by atoms with Crippen molar-refractivity contribution in [3.05, 3.63) is 0 Å². The Bertz CT molecular complexity index is 370. The molecule has 0 aromatic rings. The van der Waals surface area contributed by atoms with Gasteiger partial charge in [-0.15, -0.1) is 0 Å². The van der Waals surface area contributed by atoms with Crippen LogP contribution in [-0.4, -0.2) is 40.0 Å². The molecule has 2 fully saturated rings. The predicted octanol–water partition coefficient (Wildman–Crippen LogP) is 1.21. The molecule has 1 aliphatic heterocycles. The summed E-state index contributed by atoms with van der Waals surface area (Å²) in [5, 5.41) is 9.37. The minimum Gasteiger partial charge on any atom is -0.480 e. The zero-order valence-electron chi connectivity index (χ0n) is 11.7. The molecule has 5 heteroatoms. The molecule has 3 N–H and O–H groups in total. The third kappa shape index (κ3) is 2.61. The van der Waals surface area contributed by atoms with Crippen LogP contribution in [-0.2, 0) is 9.59 Å². The number of carbonyl (C=O) groups excluding carboxylic acids is 1. The minimum absolute atomic E-state index is 0.0863. The highest BCUT2D eigenvalue weighted by Gasteiger charge is 2.48. The van der Waals surface area contributed by atoms with Crippen LogP contribution in [0.3, 0.4) is 0 Å². The van der Waals surface area contributed by atoms with Crippen LogP contribution in [0.2, 0.25) is 0 Å². The Balaban J connectivity index is 2.22. The molecule has 1 heterocycles. The predicted molar refractivity (Wildman–Crippen MR) is 71.4 cm³/mol. The summed E-state index contributed by atoms with van der Waals surface area (Å²) in [5.41, 5.74) is 5.80. The normalized spacial score (nSPS) is 33.6. The number of carboxylic acid groups (broad SMARTS) is 1. The number of hydrogen-bond acceptors (Lipinski definition) is 3. The van der Waals surface area contributed by atoms with Gasteiger partial charge in [0.15, 0.2) is 0 Å². The molecule has 1 aliphatic carbocycles. The average molecular weight is 268 g/mol. The summed E-state index contributed by atoms with van der Waals surface area (Å²) in [6.45, 7) is 3.59. The van der Waals surface area contributed by atoms with Crippen molar-refractivity contribution in [3.8, 4) is 0 Å². The second-order valence-electron chi connectivity index (χ2n) is 6.09. The fraction of sp³-hybridized carbons (Fsp3) is 0.857. The highest BCUT2D eigenvalue weighted by Crippen LogP contribution is 2.40. The van der Waals surface area contributed by atoms with Crippen LogP contribution >= 0.6 is 0 Å². The van der Waals surface area contributed by atoms with Crippen molar-refractivity contribution in [2.45, 2.75) is 64.1 Å². The molecule has 19 heavy (non-hydrogen) atoms. The quantitative estimate of drug-likeness (QED) is 0.806. The van der Waals surface area contributed by atoms with Crippen molar-refractivity contribution in [2.75, 3.05) is 0 Å². The maximum absolute atomic E-state index is 12.5. The summed E-state index contributed by atoms with van der Waals surface area (Å²) in [7, 11) is 0. The number of fused-ring (bicyclic) bond motifs is 1. The van der Waals surface area contributed by atoms with E-state index >= 15 is 0 Å². The first-order chi connectivity index (χ1) is 8.93. The molecule has 1 amide bonds.